The predicted molar refractivity (Wildman–Crippen MR) is 114 cm³/mol. The van der Waals surface area contributed by atoms with Gasteiger partial charge in [-0.2, -0.15) is 0 Å². The van der Waals surface area contributed by atoms with E-state index in [1.165, 1.54) is 6.07 Å². The van der Waals surface area contributed by atoms with Gasteiger partial charge in [0, 0.05) is 31.4 Å². The molecule has 1 aliphatic carbocycles. The highest BCUT2D eigenvalue weighted by Gasteiger charge is 2.33. The van der Waals surface area contributed by atoms with Gasteiger partial charge in [0.1, 0.15) is 11.6 Å². The molecule has 0 spiro atoms. The number of carbonyl (C=O) groups is 1. The minimum Gasteiger partial charge on any atom is -0.468 e. The second-order valence-corrected chi connectivity index (χ2v) is 8.03. The fraction of sp³-hybridized carbons (Fsp3) is 0.458. The van der Waals surface area contributed by atoms with Gasteiger partial charge in [-0.25, -0.2) is 4.39 Å². The van der Waals surface area contributed by atoms with Crippen molar-refractivity contribution in [3.63, 3.8) is 0 Å². The van der Waals surface area contributed by atoms with Crippen LogP contribution in [0.5, 0.6) is 5.75 Å². The molecular weight excluding hydrogens is 401 g/mol. The van der Waals surface area contributed by atoms with Crippen LogP contribution in [0.15, 0.2) is 48.5 Å². The van der Waals surface area contributed by atoms with E-state index in [-0.39, 0.29) is 31.7 Å². The van der Waals surface area contributed by atoms with Crippen LogP contribution in [0.1, 0.15) is 41.6 Å². The molecule has 2 aromatic rings. The van der Waals surface area contributed by atoms with Gasteiger partial charge in [-0.3, -0.25) is 4.79 Å². The topological polar surface area (TPSA) is 77.0 Å². The van der Waals surface area contributed by atoms with Gasteiger partial charge in [0.2, 0.25) is 0 Å². The van der Waals surface area contributed by atoms with Crippen LogP contribution in [0, 0.1) is 11.7 Å². The molecule has 2 aromatic carbocycles. The molecule has 7 heteroatoms. The Morgan fingerprint density at radius 1 is 1.16 bits per heavy atom. The molecule has 31 heavy (non-hydrogen) atoms. The van der Waals surface area contributed by atoms with Crippen molar-refractivity contribution in [3.8, 4) is 5.75 Å². The number of benzene rings is 2. The van der Waals surface area contributed by atoms with Crippen LogP contribution >= 0.6 is 0 Å². The quantitative estimate of drug-likeness (QED) is 0.562. The summed E-state index contributed by atoms with van der Waals surface area (Å²) in [6.07, 6.45) is 2.78. The van der Waals surface area contributed by atoms with Crippen LogP contribution in [-0.4, -0.2) is 43.7 Å². The molecule has 1 amide bonds. The molecule has 3 rings (SSSR count). The molecule has 0 atom stereocenters. The molecule has 6 nitrogen and oxygen atoms in total. The highest BCUT2D eigenvalue weighted by atomic mass is 19.1. The second-order valence-electron chi connectivity index (χ2n) is 8.03. The van der Waals surface area contributed by atoms with Crippen molar-refractivity contribution in [2.75, 3.05) is 27.1 Å². The average Bonchev–Trinajstić information content (AvgIpc) is 2.79. The van der Waals surface area contributed by atoms with Crippen molar-refractivity contribution >= 4 is 5.91 Å². The number of ether oxygens (including phenoxy) is 3. The molecule has 0 saturated heterocycles. The maximum Gasteiger partial charge on any atom is 0.251 e. The van der Waals surface area contributed by atoms with Crippen molar-refractivity contribution in [3.05, 3.63) is 65.5 Å². The van der Waals surface area contributed by atoms with E-state index in [2.05, 4.69) is 5.32 Å². The summed E-state index contributed by atoms with van der Waals surface area (Å²) in [4.78, 5) is 12.4. The molecule has 0 heterocycles. The summed E-state index contributed by atoms with van der Waals surface area (Å²) in [6, 6.07) is 13.4. The number of hydrogen-bond acceptors (Lipinski definition) is 5. The number of halogens is 1. The Kier molecular flexibility index (Phi) is 8.40. The Bertz CT molecular complexity index is 834. The first-order chi connectivity index (χ1) is 15.0. The van der Waals surface area contributed by atoms with Crippen LogP contribution < -0.4 is 10.1 Å². The fourth-order valence-corrected chi connectivity index (χ4v) is 3.69. The maximum absolute atomic E-state index is 13.6. The number of aliphatic hydroxyl groups is 1. The zero-order valence-corrected chi connectivity index (χ0v) is 17.8. The molecule has 1 fully saturated rings. The minimum absolute atomic E-state index is 0.147. The van der Waals surface area contributed by atoms with Gasteiger partial charge in [0.25, 0.3) is 5.91 Å². The van der Waals surface area contributed by atoms with Crippen LogP contribution in [0.2, 0.25) is 0 Å². The van der Waals surface area contributed by atoms with Gasteiger partial charge in [0.15, 0.2) is 6.79 Å². The minimum atomic E-state index is -0.917. The summed E-state index contributed by atoms with van der Waals surface area (Å²) >= 11 is 0. The number of hydrogen-bond donors (Lipinski definition) is 2. The van der Waals surface area contributed by atoms with Crippen LogP contribution in [-0.2, 0) is 16.1 Å². The summed E-state index contributed by atoms with van der Waals surface area (Å²) in [5.74, 6) is 0.449. The van der Waals surface area contributed by atoms with Crippen LogP contribution in [0.3, 0.4) is 0 Å². The first-order valence-corrected chi connectivity index (χ1v) is 10.5. The lowest BCUT2D eigenvalue weighted by Gasteiger charge is -2.36. The van der Waals surface area contributed by atoms with Crippen molar-refractivity contribution in [2.45, 2.75) is 37.9 Å². The molecule has 2 N–H and O–H groups in total. The van der Waals surface area contributed by atoms with Crippen LogP contribution in [0.4, 0.5) is 4.39 Å². The Morgan fingerprint density at radius 2 is 1.87 bits per heavy atom. The summed E-state index contributed by atoms with van der Waals surface area (Å²) in [5, 5.41) is 13.7. The third-order valence-corrected chi connectivity index (χ3v) is 5.64. The highest BCUT2D eigenvalue weighted by molar-refractivity contribution is 5.94. The van der Waals surface area contributed by atoms with Gasteiger partial charge in [0.05, 0.1) is 12.2 Å². The number of methoxy groups -OCH3 is 1. The Morgan fingerprint density at radius 3 is 2.55 bits per heavy atom. The zero-order chi connectivity index (χ0) is 22.1. The molecule has 0 aromatic heterocycles. The van der Waals surface area contributed by atoms with E-state index in [0.29, 0.717) is 42.2 Å². The van der Waals surface area contributed by atoms with E-state index in [4.69, 9.17) is 14.2 Å². The molecule has 0 radical (unpaired) electrons. The van der Waals surface area contributed by atoms with Crippen molar-refractivity contribution in [2.24, 2.45) is 5.92 Å². The molecule has 168 valence electrons. The Hall–Kier alpha value is -2.48. The Labute approximate surface area is 182 Å². The summed E-state index contributed by atoms with van der Waals surface area (Å²) in [5.41, 5.74) is 0.138. The van der Waals surface area contributed by atoms with Gasteiger partial charge >= 0.3 is 0 Å². The highest BCUT2D eigenvalue weighted by Crippen LogP contribution is 2.32. The average molecular weight is 432 g/mol. The lowest BCUT2D eigenvalue weighted by atomic mass is 9.79. The smallest absolute Gasteiger partial charge is 0.251 e. The van der Waals surface area contributed by atoms with E-state index in [9.17, 15) is 14.3 Å². The fourth-order valence-electron chi connectivity index (χ4n) is 3.69. The molecule has 0 bridgehead atoms. The van der Waals surface area contributed by atoms with Gasteiger partial charge in [-0.15, -0.1) is 0 Å². The lowest BCUT2D eigenvalue weighted by molar-refractivity contribution is -0.0240. The molecule has 0 unspecified atom stereocenters. The van der Waals surface area contributed by atoms with E-state index in [1.54, 1.807) is 49.6 Å². The molecule has 1 saturated carbocycles. The maximum atomic E-state index is 13.6. The van der Waals surface area contributed by atoms with E-state index >= 15 is 0 Å². The van der Waals surface area contributed by atoms with Crippen LogP contribution in [0.25, 0.3) is 0 Å². The normalized spacial score (nSPS) is 20.9. The van der Waals surface area contributed by atoms with Gasteiger partial charge in [-0.1, -0.05) is 18.2 Å². The van der Waals surface area contributed by atoms with Crippen molar-refractivity contribution in [1.82, 2.24) is 5.32 Å². The Balaban J connectivity index is 1.38. The second kappa shape index (κ2) is 11.2. The first kappa shape index (κ1) is 23.2. The zero-order valence-electron chi connectivity index (χ0n) is 17.8. The number of carbonyl (C=O) groups excluding carboxylic acids is 1. The first-order valence-electron chi connectivity index (χ1n) is 10.5. The van der Waals surface area contributed by atoms with Crippen molar-refractivity contribution < 1.29 is 28.5 Å². The number of amides is 1. The summed E-state index contributed by atoms with van der Waals surface area (Å²) in [7, 11) is 1.54. The SMILES string of the molecule is COCOc1ccc(C(=O)NCC2(O)CCC(COCc3ccccc3F)CC2)cc1. The van der Waals surface area contributed by atoms with Gasteiger partial charge in [-0.05, 0) is 61.9 Å². The van der Waals surface area contributed by atoms with E-state index in [1.807, 2.05) is 0 Å². The number of rotatable bonds is 10. The molecule has 1 aliphatic rings. The molecule has 0 aliphatic heterocycles. The lowest BCUT2D eigenvalue weighted by Crippen LogP contribution is -2.45. The predicted octanol–water partition coefficient (Wildman–Crippen LogP) is 3.68. The third-order valence-electron chi connectivity index (χ3n) is 5.64. The third kappa shape index (κ3) is 7.02. The summed E-state index contributed by atoms with van der Waals surface area (Å²) < 4.78 is 29.5. The van der Waals surface area contributed by atoms with Gasteiger partial charge < -0.3 is 24.6 Å². The monoisotopic (exact) mass is 431 g/mol. The standard InChI is InChI=1S/C24H30FNO5/c1-29-17-31-21-8-6-19(7-9-21)23(27)26-16-24(28)12-10-18(11-13-24)14-30-15-20-4-2-3-5-22(20)25/h2-9,18,28H,10-17H2,1H3,(H,26,27). The van der Waals surface area contributed by atoms with E-state index < -0.39 is 5.60 Å². The summed E-state index contributed by atoms with van der Waals surface area (Å²) in [6.45, 7) is 1.14. The number of nitrogens with one attached hydrogen (secondary N) is 1. The van der Waals surface area contributed by atoms with E-state index in [0.717, 1.165) is 12.8 Å². The largest absolute Gasteiger partial charge is 0.468 e. The van der Waals surface area contributed by atoms with Crippen molar-refractivity contribution in [1.29, 1.82) is 0 Å². The molecular formula is C24H30FNO5.